The summed E-state index contributed by atoms with van der Waals surface area (Å²) < 4.78 is 30.5. The van der Waals surface area contributed by atoms with Crippen molar-refractivity contribution < 1.29 is 28.8 Å². The molecule has 0 radical (unpaired) electrons. The lowest BCUT2D eigenvalue weighted by Gasteiger charge is -2.34. The van der Waals surface area contributed by atoms with Crippen LogP contribution in [0.25, 0.3) is 0 Å². The van der Waals surface area contributed by atoms with Crippen molar-refractivity contribution in [1.29, 1.82) is 0 Å². The quantitative estimate of drug-likeness (QED) is 0.789. The maximum absolute atomic E-state index is 10.8. The van der Waals surface area contributed by atoms with Crippen LogP contribution in [0.4, 0.5) is 0 Å². The molecular weight excluding hydrogens is 312 g/mol. The Balaban J connectivity index is 1.24. The molecule has 5 atom stereocenters. The average molecular weight is 340 g/mol. The van der Waals surface area contributed by atoms with Crippen molar-refractivity contribution in [3.63, 3.8) is 0 Å². The highest BCUT2D eigenvalue weighted by Crippen LogP contribution is 2.47. The Kier molecular flexibility index (Phi) is 3.92. The first-order valence-corrected chi connectivity index (χ1v) is 9.70. The molecule has 0 aromatic carbocycles. The Bertz CT molecular complexity index is 470. The van der Waals surface area contributed by atoms with Gasteiger partial charge in [-0.05, 0) is 25.7 Å². The summed E-state index contributed by atoms with van der Waals surface area (Å²) in [6, 6.07) is 0. The zero-order valence-electron chi connectivity index (χ0n) is 14.2. The van der Waals surface area contributed by atoms with Gasteiger partial charge in [-0.1, -0.05) is 12.8 Å². The molecule has 2 aliphatic carbocycles. The average Bonchev–Trinajstić information content (AvgIpc) is 3.23. The number of rotatable bonds is 1. The predicted molar refractivity (Wildman–Crippen MR) is 83.1 cm³/mol. The van der Waals surface area contributed by atoms with Crippen molar-refractivity contribution in [2.75, 3.05) is 6.61 Å². The number of hydrogen-bond donors (Lipinski definition) is 1. The van der Waals surface area contributed by atoms with Gasteiger partial charge in [-0.25, -0.2) is 0 Å². The first kappa shape index (κ1) is 16.0. The molecule has 0 aromatic heterocycles. The second kappa shape index (κ2) is 5.89. The van der Waals surface area contributed by atoms with Crippen molar-refractivity contribution in [2.24, 2.45) is 0 Å². The summed E-state index contributed by atoms with van der Waals surface area (Å²) in [4.78, 5) is 0. The highest BCUT2D eigenvalue weighted by Gasteiger charge is 2.60. The van der Waals surface area contributed by atoms with Crippen LogP contribution in [0.3, 0.4) is 0 Å². The summed E-state index contributed by atoms with van der Waals surface area (Å²) in [6.07, 6.45) is 8.38. The molecule has 3 aliphatic heterocycles. The lowest BCUT2D eigenvalue weighted by molar-refractivity contribution is -0.259. The Labute approximate surface area is 142 Å². The summed E-state index contributed by atoms with van der Waals surface area (Å²) in [5.74, 6) is -0.979. The van der Waals surface area contributed by atoms with Crippen LogP contribution >= 0.6 is 0 Å². The molecule has 3 saturated heterocycles. The zero-order chi connectivity index (χ0) is 16.2. The van der Waals surface area contributed by atoms with E-state index in [2.05, 4.69) is 0 Å². The maximum Gasteiger partial charge on any atom is 0.190 e. The van der Waals surface area contributed by atoms with Crippen LogP contribution in [-0.2, 0) is 23.7 Å². The van der Waals surface area contributed by atoms with Crippen molar-refractivity contribution in [3.05, 3.63) is 0 Å². The number of hydrogen-bond acceptors (Lipinski definition) is 6. The molecule has 0 amide bonds. The van der Waals surface area contributed by atoms with Gasteiger partial charge in [-0.2, -0.15) is 0 Å². The van der Waals surface area contributed by atoms with Crippen LogP contribution in [0.2, 0.25) is 0 Å². The smallest absolute Gasteiger partial charge is 0.190 e. The summed E-state index contributed by atoms with van der Waals surface area (Å²) in [7, 11) is 0. The zero-order valence-corrected chi connectivity index (χ0v) is 14.2. The molecule has 2 unspecified atom stereocenters. The van der Waals surface area contributed by atoms with E-state index in [1.54, 1.807) is 0 Å². The topological polar surface area (TPSA) is 66.4 Å². The Morgan fingerprint density at radius 1 is 0.708 bits per heavy atom. The summed E-state index contributed by atoms with van der Waals surface area (Å²) in [6.45, 7) is 0.478. The lowest BCUT2D eigenvalue weighted by atomic mass is 9.94. The molecule has 1 N–H and O–H groups in total. The monoisotopic (exact) mass is 340 g/mol. The normalized spacial score (nSPS) is 46.6. The molecule has 5 rings (SSSR count). The number of fused-ring (bicyclic) bond motifs is 1. The fourth-order valence-electron chi connectivity index (χ4n) is 5.09. The molecule has 3 heterocycles. The van der Waals surface area contributed by atoms with Gasteiger partial charge in [0.15, 0.2) is 17.9 Å². The molecule has 0 aromatic rings. The molecule has 136 valence electrons. The summed E-state index contributed by atoms with van der Waals surface area (Å²) in [5, 5.41) is 10.8. The van der Waals surface area contributed by atoms with E-state index in [0.29, 0.717) is 6.61 Å². The molecule has 24 heavy (non-hydrogen) atoms. The highest BCUT2D eigenvalue weighted by molar-refractivity contribution is 5.00. The largest absolute Gasteiger partial charge is 0.387 e. The predicted octanol–water partition coefficient (Wildman–Crippen LogP) is 2.22. The van der Waals surface area contributed by atoms with E-state index in [-0.39, 0.29) is 6.10 Å². The minimum Gasteiger partial charge on any atom is -0.387 e. The first-order valence-electron chi connectivity index (χ1n) is 9.70. The molecule has 2 saturated carbocycles. The van der Waals surface area contributed by atoms with E-state index in [1.165, 1.54) is 12.8 Å². The highest BCUT2D eigenvalue weighted by atomic mass is 16.8. The third kappa shape index (κ3) is 2.54. The van der Waals surface area contributed by atoms with Crippen LogP contribution in [0, 0.1) is 0 Å². The van der Waals surface area contributed by atoms with Gasteiger partial charge in [0.25, 0.3) is 0 Å². The van der Waals surface area contributed by atoms with E-state index in [0.717, 1.165) is 51.4 Å². The van der Waals surface area contributed by atoms with Gasteiger partial charge in [0.2, 0.25) is 0 Å². The Morgan fingerprint density at radius 2 is 1.38 bits per heavy atom. The third-order valence-electron chi connectivity index (χ3n) is 6.39. The number of ether oxygens (including phenoxy) is 5. The minimum absolute atomic E-state index is 0.238. The summed E-state index contributed by atoms with van der Waals surface area (Å²) in [5.41, 5.74) is 0. The van der Waals surface area contributed by atoms with Crippen LogP contribution in [-0.4, -0.2) is 54.0 Å². The van der Waals surface area contributed by atoms with Crippen LogP contribution in [0.5, 0.6) is 0 Å². The van der Waals surface area contributed by atoms with Crippen LogP contribution in [0.15, 0.2) is 0 Å². The van der Waals surface area contributed by atoms with E-state index in [9.17, 15) is 5.11 Å². The van der Waals surface area contributed by atoms with Gasteiger partial charge in [0.05, 0.1) is 6.61 Å². The number of aliphatic hydroxyl groups is 1. The van der Waals surface area contributed by atoms with Gasteiger partial charge in [0.1, 0.15) is 24.4 Å². The standard InChI is InChI=1S/C18H28O6/c19-13-14(12-11-20-17(22-12)7-3-1-4-8-17)21-16-15(13)23-18(24-16)9-5-2-6-10-18/h12-16,19H,1-11H2/t12-,13?,14-,15?,16-/m1/s1. The van der Waals surface area contributed by atoms with Crippen molar-refractivity contribution in [1.82, 2.24) is 0 Å². The van der Waals surface area contributed by atoms with E-state index >= 15 is 0 Å². The molecule has 5 fully saturated rings. The fraction of sp³-hybridized carbons (Fsp3) is 1.00. The maximum atomic E-state index is 10.8. The van der Waals surface area contributed by atoms with Gasteiger partial charge < -0.3 is 28.8 Å². The Morgan fingerprint density at radius 3 is 2.04 bits per heavy atom. The molecule has 0 bridgehead atoms. The van der Waals surface area contributed by atoms with Gasteiger partial charge in [-0.3, -0.25) is 0 Å². The fourth-order valence-corrected chi connectivity index (χ4v) is 5.09. The Hall–Kier alpha value is -0.240. The first-order chi connectivity index (χ1) is 11.7. The molecular formula is C18H28O6. The van der Waals surface area contributed by atoms with Crippen LogP contribution in [0.1, 0.15) is 64.2 Å². The molecule has 5 aliphatic rings. The molecule has 6 nitrogen and oxygen atoms in total. The van der Waals surface area contributed by atoms with E-state index in [1.807, 2.05) is 0 Å². The second-order valence-corrected chi connectivity index (χ2v) is 8.07. The summed E-state index contributed by atoms with van der Waals surface area (Å²) >= 11 is 0. The molecule has 6 heteroatoms. The van der Waals surface area contributed by atoms with Gasteiger partial charge in [0, 0.05) is 25.7 Å². The lowest BCUT2D eigenvalue weighted by Crippen LogP contribution is -2.44. The van der Waals surface area contributed by atoms with E-state index in [4.69, 9.17) is 23.7 Å². The van der Waals surface area contributed by atoms with Crippen molar-refractivity contribution in [2.45, 2.75) is 106 Å². The van der Waals surface area contributed by atoms with Crippen molar-refractivity contribution >= 4 is 0 Å². The van der Waals surface area contributed by atoms with Gasteiger partial charge in [-0.15, -0.1) is 0 Å². The third-order valence-corrected chi connectivity index (χ3v) is 6.39. The SMILES string of the molecule is OC1C2OC3(CCCCC3)O[C@H]2O[C@@H]1[C@H]1COC2(CCCCC2)O1. The minimum atomic E-state index is -0.719. The van der Waals surface area contributed by atoms with E-state index < -0.39 is 36.2 Å². The second-order valence-electron chi connectivity index (χ2n) is 8.07. The van der Waals surface area contributed by atoms with Crippen molar-refractivity contribution in [3.8, 4) is 0 Å². The van der Waals surface area contributed by atoms with Gasteiger partial charge >= 0.3 is 0 Å². The van der Waals surface area contributed by atoms with Crippen LogP contribution < -0.4 is 0 Å². The number of aliphatic hydroxyl groups excluding tert-OH is 1. The molecule has 2 spiro atoms.